The van der Waals surface area contributed by atoms with E-state index in [0.717, 1.165) is 30.3 Å². The summed E-state index contributed by atoms with van der Waals surface area (Å²) in [5.74, 6) is -4.13. The molecule has 2 aromatic carbocycles. The normalized spacial score (nSPS) is 12.3. The van der Waals surface area contributed by atoms with E-state index in [9.17, 15) is 40.3 Å². The Hall–Kier alpha value is -4.75. The Balaban J connectivity index is 0.000000532. The van der Waals surface area contributed by atoms with Crippen LogP contribution in [0.1, 0.15) is 33.2 Å². The van der Waals surface area contributed by atoms with Crippen LogP contribution in [0.3, 0.4) is 0 Å². The molecule has 1 unspecified atom stereocenters. The number of halogens is 7. The minimum absolute atomic E-state index is 0.127. The number of carboxylic acids is 1. The fourth-order valence-corrected chi connectivity index (χ4v) is 3.31. The zero-order valence-corrected chi connectivity index (χ0v) is 19.3. The van der Waals surface area contributed by atoms with Crippen molar-refractivity contribution in [1.29, 1.82) is 0 Å². The Kier molecular flexibility index (Phi) is 8.37. The molecule has 0 saturated heterocycles. The number of carbonyl (C=O) groups excluding carboxylic acids is 1. The summed E-state index contributed by atoms with van der Waals surface area (Å²) in [5.41, 5.74) is -0.446. The van der Waals surface area contributed by atoms with Gasteiger partial charge < -0.3 is 15.4 Å². The molecule has 0 spiro atoms. The summed E-state index contributed by atoms with van der Waals surface area (Å²) in [6, 6.07) is 11.1. The van der Waals surface area contributed by atoms with Crippen molar-refractivity contribution in [1.82, 2.24) is 15.3 Å². The number of H-pyrrole nitrogens is 1. The number of nitrogens with zero attached hydrogens (tertiary/aromatic N) is 1. The molecule has 2 heterocycles. The molecular weight excluding hydrogens is 539 g/mol. The molecule has 14 heteroatoms. The van der Waals surface area contributed by atoms with Gasteiger partial charge in [-0.3, -0.25) is 14.6 Å². The third-order valence-electron chi connectivity index (χ3n) is 5.17. The lowest BCUT2D eigenvalue weighted by molar-refractivity contribution is -0.192. The number of amides is 1. The predicted molar refractivity (Wildman–Crippen MR) is 123 cm³/mol. The number of hydrogen-bond donors (Lipinski definition) is 3. The lowest BCUT2D eigenvalue weighted by Crippen LogP contribution is -2.30. The second kappa shape index (κ2) is 11.3. The summed E-state index contributed by atoms with van der Waals surface area (Å²) in [5, 5.41) is 10.0. The fourth-order valence-electron chi connectivity index (χ4n) is 3.31. The van der Waals surface area contributed by atoms with Crippen LogP contribution < -0.4 is 10.7 Å². The monoisotopic (exact) mass is 555 g/mol. The van der Waals surface area contributed by atoms with Gasteiger partial charge in [-0.05, 0) is 48.0 Å². The van der Waals surface area contributed by atoms with Gasteiger partial charge in [0.1, 0.15) is 11.5 Å². The summed E-state index contributed by atoms with van der Waals surface area (Å²) in [7, 11) is 0. The zero-order valence-electron chi connectivity index (χ0n) is 19.3. The first-order chi connectivity index (χ1) is 18.2. The van der Waals surface area contributed by atoms with Gasteiger partial charge in [0.05, 0.1) is 11.6 Å². The molecule has 0 aliphatic carbocycles. The van der Waals surface area contributed by atoms with Gasteiger partial charge in [0, 0.05) is 34.9 Å². The van der Waals surface area contributed by atoms with Gasteiger partial charge in [0.2, 0.25) is 0 Å². The first kappa shape index (κ1) is 28.8. The first-order valence-electron chi connectivity index (χ1n) is 10.7. The highest BCUT2D eigenvalue weighted by atomic mass is 19.4. The number of hydrogen-bond acceptors (Lipinski definition) is 4. The summed E-state index contributed by atoms with van der Waals surface area (Å²) < 4.78 is 85.0. The van der Waals surface area contributed by atoms with Crippen molar-refractivity contribution in [3.63, 3.8) is 0 Å². The lowest BCUT2D eigenvalue weighted by Gasteiger charge is -2.20. The van der Waals surface area contributed by atoms with Crippen molar-refractivity contribution < 1.29 is 45.4 Å². The van der Waals surface area contributed by atoms with Crippen LogP contribution in [0.25, 0.3) is 10.9 Å². The number of alkyl halides is 6. The minimum atomic E-state index is -5.08. The summed E-state index contributed by atoms with van der Waals surface area (Å²) in [4.78, 5) is 40.8. The number of pyridine rings is 2. The van der Waals surface area contributed by atoms with E-state index in [1.807, 2.05) is 0 Å². The van der Waals surface area contributed by atoms with E-state index in [4.69, 9.17) is 9.90 Å². The van der Waals surface area contributed by atoms with E-state index in [1.165, 1.54) is 36.7 Å². The Bertz CT molecular complexity index is 1550. The van der Waals surface area contributed by atoms with Crippen molar-refractivity contribution in [2.75, 3.05) is 0 Å². The highest BCUT2D eigenvalue weighted by Crippen LogP contribution is 2.31. The summed E-state index contributed by atoms with van der Waals surface area (Å²) in [6.07, 6.45) is -6.82. The lowest BCUT2D eigenvalue weighted by atomic mass is 10.00. The van der Waals surface area contributed by atoms with Crippen LogP contribution in [-0.2, 0) is 11.0 Å². The number of benzene rings is 2. The van der Waals surface area contributed by atoms with Gasteiger partial charge in [-0.25, -0.2) is 9.18 Å². The van der Waals surface area contributed by atoms with Crippen LogP contribution in [0.4, 0.5) is 30.7 Å². The molecular formula is C25H16F7N3O4. The zero-order chi connectivity index (χ0) is 29.0. The third kappa shape index (κ3) is 7.18. The van der Waals surface area contributed by atoms with Gasteiger partial charge in [-0.1, -0.05) is 12.1 Å². The van der Waals surface area contributed by atoms with Crippen LogP contribution in [0.5, 0.6) is 0 Å². The van der Waals surface area contributed by atoms with Crippen molar-refractivity contribution >= 4 is 22.8 Å². The van der Waals surface area contributed by atoms with E-state index >= 15 is 0 Å². The molecule has 1 amide bonds. The number of carbonyl (C=O) groups is 2. The molecule has 39 heavy (non-hydrogen) atoms. The van der Waals surface area contributed by atoms with E-state index in [0.29, 0.717) is 5.52 Å². The number of carboxylic acid groups (broad SMARTS) is 1. The quantitative estimate of drug-likeness (QED) is 0.299. The van der Waals surface area contributed by atoms with Crippen molar-refractivity contribution in [3.8, 4) is 0 Å². The Morgan fingerprint density at radius 3 is 2.15 bits per heavy atom. The Morgan fingerprint density at radius 2 is 1.59 bits per heavy atom. The first-order valence-corrected chi connectivity index (χ1v) is 10.7. The predicted octanol–water partition coefficient (Wildman–Crippen LogP) is 5.23. The maximum Gasteiger partial charge on any atom is 0.490 e. The molecule has 204 valence electrons. The van der Waals surface area contributed by atoms with E-state index in [-0.39, 0.29) is 27.6 Å². The fraction of sp³-hybridized carbons (Fsp3) is 0.120. The number of fused-ring (bicyclic) bond motifs is 1. The SMILES string of the molecule is O=C(NC(c1ccc(C(F)(F)F)cc1)c1ncccc1F)c1ccc2[nH]ccc(=O)c2c1.O=C(O)C(F)(F)F. The van der Waals surface area contributed by atoms with Crippen LogP contribution in [0.2, 0.25) is 0 Å². The smallest absolute Gasteiger partial charge is 0.475 e. The van der Waals surface area contributed by atoms with Crippen LogP contribution >= 0.6 is 0 Å². The Labute approximate surface area is 213 Å². The summed E-state index contributed by atoms with van der Waals surface area (Å²) in [6.45, 7) is 0. The highest BCUT2D eigenvalue weighted by molar-refractivity contribution is 5.98. The average molecular weight is 555 g/mol. The van der Waals surface area contributed by atoms with Crippen molar-refractivity contribution in [2.45, 2.75) is 18.4 Å². The largest absolute Gasteiger partial charge is 0.490 e. The average Bonchev–Trinajstić information content (AvgIpc) is 2.87. The van der Waals surface area contributed by atoms with Gasteiger partial charge in [0.15, 0.2) is 5.43 Å². The van der Waals surface area contributed by atoms with Gasteiger partial charge in [-0.15, -0.1) is 0 Å². The second-order valence-corrected chi connectivity index (χ2v) is 7.80. The molecule has 0 saturated carbocycles. The van der Waals surface area contributed by atoms with E-state index in [1.54, 1.807) is 6.07 Å². The van der Waals surface area contributed by atoms with Crippen LogP contribution in [0, 0.1) is 5.82 Å². The van der Waals surface area contributed by atoms with Crippen molar-refractivity contribution in [2.24, 2.45) is 0 Å². The molecule has 0 bridgehead atoms. The molecule has 3 N–H and O–H groups in total. The molecule has 0 fully saturated rings. The standard InChI is InChI=1S/C23H15F4N3O2.C2HF3O2/c24-17-2-1-10-29-21(17)20(13-3-6-15(7-4-13)23(25,26)27)30-22(32)14-5-8-18-16(12-14)19(31)9-11-28-18;3-2(4,5)1(6)7/h1-12,20H,(H,28,31)(H,30,32);(H,6,7). The van der Waals surface area contributed by atoms with Gasteiger partial charge in [0.25, 0.3) is 5.91 Å². The van der Waals surface area contributed by atoms with Crippen LogP contribution in [0.15, 0.2) is 77.9 Å². The number of aliphatic carboxylic acids is 1. The van der Waals surface area contributed by atoms with E-state index < -0.39 is 41.7 Å². The minimum Gasteiger partial charge on any atom is -0.475 e. The molecule has 0 radical (unpaired) electrons. The number of aromatic nitrogens is 2. The maximum atomic E-state index is 14.5. The number of rotatable bonds is 4. The molecule has 0 aliphatic heterocycles. The molecule has 2 aromatic heterocycles. The molecule has 7 nitrogen and oxygen atoms in total. The number of nitrogens with one attached hydrogen (secondary N) is 2. The van der Waals surface area contributed by atoms with Crippen LogP contribution in [-0.4, -0.2) is 33.1 Å². The third-order valence-corrected chi connectivity index (χ3v) is 5.17. The second-order valence-electron chi connectivity index (χ2n) is 7.80. The molecule has 0 aliphatic rings. The van der Waals surface area contributed by atoms with E-state index in [2.05, 4.69) is 15.3 Å². The molecule has 4 rings (SSSR count). The number of aromatic amines is 1. The van der Waals surface area contributed by atoms with Crippen molar-refractivity contribution in [3.05, 3.63) is 111 Å². The van der Waals surface area contributed by atoms with Gasteiger partial charge in [-0.2, -0.15) is 26.3 Å². The summed E-state index contributed by atoms with van der Waals surface area (Å²) >= 11 is 0. The Morgan fingerprint density at radius 1 is 0.949 bits per heavy atom. The maximum absolute atomic E-state index is 14.5. The highest BCUT2D eigenvalue weighted by Gasteiger charge is 2.38. The molecule has 1 atom stereocenters. The topological polar surface area (TPSA) is 112 Å². The van der Waals surface area contributed by atoms with Gasteiger partial charge >= 0.3 is 18.3 Å². The molecule has 4 aromatic rings.